The van der Waals surface area contributed by atoms with Crippen LogP contribution in [0.5, 0.6) is 11.5 Å². The van der Waals surface area contributed by atoms with E-state index in [0.717, 1.165) is 32.0 Å². The number of fused-ring (bicyclic) bond motifs is 3. The van der Waals surface area contributed by atoms with E-state index in [-0.39, 0.29) is 11.8 Å². The van der Waals surface area contributed by atoms with Gasteiger partial charge in [-0.3, -0.25) is 0 Å². The molecule has 2 aromatic carbocycles. The fourth-order valence-electron chi connectivity index (χ4n) is 3.01. The molecule has 0 fully saturated rings. The Morgan fingerprint density at radius 1 is 1.17 bits per heavy atom. The smallest absolute Gasteiger partial charge is 0.205 e. The van der Waals surface area contributed by atoms with Gasteiger partial charge in [-0.25, -0.2) is 0 Å². The molecule has 0 radical (unpaired) electrons. The summed E-state index contributed by atoms with van der Waals surface area (Å²) in [4.78, 5) is 1.01. The van der Waals surface area contributed by atoms with E-state index in [0.29, 0.717) is 5.57 Å². The number of allylic oxidation sites excluding steroid dienone is 1. The van der Waals surface area contributed by atoms with Crippen molar-refractivity contribution in [3.63, 3.8) is 0 Å². The van der Waals surface area contributed by atoms with Crippen molar-refractivity contribution in [2.45, 2.75) is 5.92 Å². The lowest BCUT2D eigenvalue weighted by Crippen LogP contribution is -2.19. The van der Waals surface area contributed by atoms with Crippen LogP contribution in [0.15, 0.2) is 60.0 Å². The largest absolute Gasteiger partial charge is 0.497 e. The average Bonchev–Trinajstić information content (AvgIpc) is 2.99. The summed E-state index contributed by atoms with van der Waals surface area (Å²) in [7, 11) is 1.63. The average molecular weight is 334 g/mol. The van der Waals surface area contributed by atoms with Crippen LogP contribution in [-0.2, 0) is 0 Å². The van der Waals surface area contributed by atoms with E-state index < -0.39 is 0 Å². The molecule has 0 saturated carbocycles. The Morgan fingerprint density at radius 3 is 2.62 bits per heavy atom. The van der Waals surface area contributed by atoms with Crippen LogP contribution in [0.2, 0.25) is 0 Å². The molecule has 3 aromatic rings. The maximum absolute atomic E-state index is 9.61. The van der Waals surface area contributed by atoms with Crippen molar-refractivity contribution in [2.75, 3.05) is 7.11 Å². The molecule has 0 unspecified atom stereocenters. The zero-order chi connectivity index (χ0) is 16.7. The zero-order valence-electron chi connectivity index (χ0n) is 12.9. The number of benzene rings is 2. The van der Waals surface area contributed by atoms with Crippen molar-refractivity contribution in [1.82, 2.24) is 0 Å². The Morgan fingerprint density at radius 2 is 1.92 bits per heavy atom. The minimum absolute atomic E-state index is 0.175. The van der Waals surface area contributed by atoms with E-state index >= 15 is 0 Å². The first-order chi connectivity index (χ1) is 11.7. The van der Waals surface area contributed by atoms with Crippen molar-refractivity contribution in [3.05, 3.63) is 70.4 Å². The molecule has 0 saturated heterocycles. The molecular weight excluding hydrogens is 320 g/mol. The Hall–Kier alpha value is -2.97. The van der Waals surface area contributed by atoms with Crippen LogP contribution < -0.4 is 15.2 Å². The van der Waals surface area contributed by atoms with Crippen molar-refractivity contribution in [2.24, 2.45) is 5.73 Å². The Bertz CT molecular complexity index is 996. The Balaban J connectivity index is 1.95. The van der Waals surface area contributed by atoms with Crippen LogP contribution in [-0.4, -0.2) is 7.11 Å². The van der Waals surface area contributed by atoms with Crippen LogP contribution in [0.4, 0.5) is 0 Å². The number of thiophene rings is 1. The first-order valence-electron chi connectivity index (χ1n) is 7.46. The summed E-state index contributed by atoms with van der Waals surface area (Å²) in [6.07, 6.45) is 0. The molecule has 5 heteroatoms. The van der Waals surface area contributed by atoms with Gasteiger partial charge in [0.05, 0.1) is 17.9 Å². The fraction of sp³-hybridized carbons (Fsp3) is 0.105. The van der Waals surface area contributed by atoms with Crippen LogP contribution in [0.25, 0.3) is 10.1 Å². The topological polar surface area (TPSA) is 68.3 Å². The molecule has 4 rings (SSSR count). The van der Waals surface area contributed by atoms with Gasteiger partial charge in [0.25, 0.3) is 0 Å². The van der Waals surface area contributed by atoms with Gasteiger partial charge in [0.15, 0.2) is 5.75 Å². The number of nitriles is 1. The van der Waals surface area contributed by atoms with Gasteiger partial charge in [0.1, 0.15) is 17.4 Å². The highest BCUT2D eigenvalue weighted by molar-refractivity contribution is 7.19. The van der Waals surface area contributed by atoms with Gasteiger partial charge in [-0.2, -0.15) is 5.26 Å². The van der Waals surface area contributed by atoms with Gasteiger partial charge in [-0.1, -0.05) is 24.3 Å². The summed E-state index contributed by atoms with van der Waals surface area (Å²) in [6.45, 7) is 0. The van der Waals surface area contributed by atoms with E-state index in [1.807, 2.05) is 42.5 Å². The standard InChI is InChI=1S/C19H14N2O2S/c1-22-12-8-6-11(7-9-12)16-14(10-20)19(21)23-17-13-4-2-3-5-15(13)24-18(16)17/h2-9,16H,21H2,1H3/t16-/m0/s1. The van der Waals surface area contributed by atoms with E-state index in [1.54, 1.807) is 18.4 Å². The first kappa shape index (κ1) is 14.6. The van der Waals surface area contributed by atoms with E-state index in [9.17, 15) is 5.26 Å². The lowest BCUT2D eigenvalue weighted by Gasteiger charge is -2.24. The monoisotopic (exact) mass is 334 g/mol. The van der Waals surface area contributed by atoms with Crippen LogP contribution in [0.3, 0.4) is 0 Å². The molecule has 24 heavy (non-hydrogen) atoms. The second-order valence-electron chi connectivity index (χ2n) is 5.49. The van der Waals surface area contributed by atoms with E-state index in [1.165, 1.54) is 0 Å². The van der Waals surface area contributed by atoms with Gasteiger partial charge in [0, 0.05) is 10.1 Å². The number of nitrogens with two attached hydrogens (primary N) is 1. The highest BCUT2D eigenvalue weighted by Crippen LogP contribution is 2.50. The third kappa shape index (κ3) is 2.12. The number of hydrogen-bond acceptors (Lipinski definition) is 5. The predicted octanol–water partition coefficient (Wildman–Crippen LogP) is 4.13. The number of hydrogen-bond donors (Lipinski definition) is 1. The molecule has 2 heterocycles. The minimum Gasteiger partial charge on any atom is -0.497 e. The van der Waals surface area contributed by atoms with Crippen molar-refractivity contribution >= 4 is 21.4 Å². The van der Waals surface area contributed by atoms with Crippen molar-refractivity contribution < 1.29 is 9.47 Å². The van der Waals surface area contributed by atoms with Crippen LogP contribution in [0, 0.1) is 11.3 Å². The second kappa shape index (κ2) is 5.59. The third-order valence-corrected chi connectivity index (χ3v) is 5.39. The summed E-state index contributed by atoms with van der Waals surface area (Å²) in [5, 5.41) is 10.6. The molecule has 1 aliphatic heterocycles. The molecule has 1 aromatic heterocycles. The van der Waals surface area contributed by atoms with Crippen LogP contribution >= 0.6 is 11.3 Å². The number of nitrogens with zero attached hydrogens (tertiary/aromatic N) is 1. The predicted molar refractivity (Wildman–Crippen MR) is 94.1 cm³/mol. The molecule has 2 N–H and O–H groups in total. The Labute approximate surface area is 143 Å². The summed E-state index contributed by atoms with van der Waals surface area (Å²) in [5.74, 6) is 1.49. The summed E-state index contributed by atoms with van der Waals surface area (Å²) in [6, 6.07) is 18.0. The quantitative estimate of drug-likeness (QED) is 0.765. The fourth-order valence-corrected chi connectivity index (χ4v) is 4.28. The normalized spacial score (nSPS) is 16.4. The number of rotatable bonds is 2. The SMILES string of the molecule is COc1ccc([C@H]2C(C#N)=C(N)Oc3c2sc2ccccc32)cc1. The molecule has 0 aliphatic carbocycles. The lowest BCUT2D eigenvalue weighted by molar-refractivity contribution is 0.401. The van der Waals surface area contributed by atoms with Crippen molar-refractivity contribution in [3.8, 4) is 17.6 Å². The lowest BCUT2D eigenvalue weighted by atomic mass is 9.88. The Kier molecular flexibility index (Phi) is 3.40. The van der Waals surface area contributed by atoms with Gasteiger partial charge in [-0.15, -0.1) is 11.3 Å². The third-order valence-electron chi connectivity index (χ3n) is 4.17. The van der Waals surface area contributed by atoms with Crippen LogP contribution in [0.1, 0.15) is 16.4 Å². The summed E-state index contributed by atoms with van der Waals surface area (Å²) in [5.41, 5.74) is 7.49. The molecule has 0 amide bonds. The van der Waals surface area contributed by atoms with Gasteiger partial charge >= 0.3 is 0 Å². The second-order valence-corrected chi connectivity index (χ2v) is 6.57. The molecular formula is C19H14N2O2S. The molecule has 1 aliphatic rings. The maximum Gasteiger partial charge on any atom is 0.205 e. The number of ether oxygens (including phenoxy) is 2. The summed E-state index contributed by atoms with van der Waals surface area (Å²) < 4.78 is 12.1. The first-order valence-corrected chi connectivity index (χ1v) is 8.27. The van der Waals surface area contributed by atoms with Crippen molar-refractivity contribution in [1.29, 1.82) is 5.26 Å². The molecule has 4 nitrogen and oxygen atoms in total. The van der Waals surface area contributed by atoms with Gasteiger partial charge in [-0.05, 0) is 29.8 Å². The summed E-state index contributed by atoms with van der Waals surface area (Å²) >= 11 is 1.64. The van der Waals surface area contributed by atoms with E-state index in [4.69, 9.17) is 15.2 Å². The van der Waals surface area contributed by atoms with E-state index in [2.05, 4.69) is 12.1 Å². The number of methoxy groups -OCH3 is 1. The minimum atomic E-state index is -0.220. The molecule has 0 spiro atoms. The zero-order valence-corrected chi connectivity index (χ0v) is 13.8. The highest BCUT2D eigenvalue weighted by Gasteiger charge is 2.33. The van der Waals surface area contributed by atoms with Gasteiger partial charge in [0.2, 0.25) is 5.88 Å². The maximum atomic E-state index is 9.61. The molecule has 118 valence electrons. The van der Waals surface area contributed by atoms with Gasteiger partial charge < -0.3 is 15.2 Å². The highest BCUT2D eigenvalue weighted by atomic mass is 32.1. The molecule has 0 bridgehead atoms. The molecule has 1 atom stereocenters.